The Hall–Kier alpha value is -1.40. The van der Waals surface area contributed by atoms with Gasteiger partial charge in [-0.2, -0.15) is 5.10 Å². The normalized spacial score (nSPS) is 21.4. The smallest absolute Gasteiger partial charge is 0.244 e. The van der Waals surface area contributed by atoms with Crippen LogP contribution in [0, 0.1) is 0 Å². The molecule has 17 heavy (non-hydrogen) atoms. The molecule has 0 aromatic carbocycles. The molecule has 1 atom stereocenters. The van der Waals surface area contributed by atoms with E-state index in [1.807, 2.05) is 26.2 Å². The number of hydrogen-bond donors (Lipinski definition) is 2. The van der Waals surface area contributed by atoms with Gasteiger partial charge in [0, 0.05) is 38.4 Å². The topological polar surface area (TPSA) is 62.2 Å². The van der Waals surface area contributed by atoms with Gasteiger partial charge in [0.05, 0.1) is 0 Å². The minimum atomic E-state index is -0.115. The fourth-order valence-corrected chi connectivity index (χ4v) is 1.91. The van der Waals surface area contributed by atoms with Gasteiger partial charge in [0.25, 0.3) is 0 Å². The second kappa shape index (κ2) is 5.29. The van der Waals surface area contributed by atoms with Crippen molar-refractivity contribution in [3.63, 3.8) is 0 Å². The van der Waals surface area contributed by atoms with E-state index in [-0.39, 0.29) is 11.9 Å². The van der Waals surface area contributed by atoms with Crippen LogP contribution in [0.25, 0.3) is 0 Å². The van der Waals surface area contributed by atoms with E-state index in [9.17, 15) is 4.79 Å². The number of aromatic nitrogens is 2. The lowest BCUT2D eigenvalue weighted by Gasteiger charge is -2.31. The van der Waals surface area contributed by atoms with Crippen LogP contribution in [0.1, 0.15) is 6.92 Å². The molecule has 2 rings (SSSR count). The Morgan fingerprint density at radius 3 is 3.18 bits per heavy atom. The standard InChI is InChI=1S/C11H19N5O/c1-3-16-6-4-10(14-16)13-11(17)9-8-12-5-7-15(9)2/h4,6,9,12H,3,5,7-8H2,1-2H3,(H,13,14,17). The van der Waals surface area contributed by atoms with Crippen LogP contribution >= 0.6 is 0 Å². The van der Waals surface area contributed by atoms with E-state index in [0.29, 0.717) is 12.4 Å². The van der Waals surface area contributed by atoms with E-state index in [1.165, 1.54) is 0 Å². The van der Waals surface area contributed by atoms with Crippen molar-refractivity contribution in [3.8, 4) is 0 Å². The Morgan fingerprint density at radius 2 is 2.53 bits per heavy atom. The van der Waals surface area contributed by atoms with Crippen LogP contribution in [0.5, 0.6) is 0 Å². The van der Waals surface area contributed by atoms with Crippen molar-refractivity contribution in [1.29, 1.82) is 0 Å². The summed E-state index contributed by atoms with van der Waals surface area (Å²) in [5.41, 5.74) is 0. The molecule has 2 heterocycles. The predicted molar refractivity (Wildman–Crippen MR) is 65.8 cm³/mol. The third-order valence-electron chi connectivity index (χ3n) is 3.03. The summed E-state index contributed by atoms with van der Waals surface area (Å²) < 4.78 is 1.79. The number of nitrogens with zero attached hydrogens (tertiary/aromatic N) is 3. The highest BCUT2D eigenvalue weighted by Crippen LogP contribution is 2.06. The van der Waals surface area contributed by atoms with E-state index in [1.54, 1.807) is 4.68 Å². The third kappa shape index (κ3) is 2.83. The van der Waals surface area contributed by atoms with Crippen molar-refractivity contribution < 1.29 is 4.79 Å². The molecule has 0 spiro atoms. The van der Waals surface area contributed by atoms with Gasteiger partial charge < -0.3 is 10.6 Å². The van der Waals surface area contributed by atoms with Crippen molar-refractivity contribution in [1.82, 2.24) is 20.0 Å². The SMILES string of the molecule is CCn1ccc(NC(=O)C2CNCCN2C)n1. The highest BCUT2D eigenvalue weighted by atomic mass is 16.2. The Labute approximate surface area is 101 Å². The van der Waals surface area contributed by atoms with Crippen LogP contribution < -0.4 is 10.6 Å². The Morgan fingerprint density at radius 1 is 1.71 bits per heavy atom. The van der Waals surface area contributed by atoms with Gasteiger partial charge in [0.2, 0.25) is 5.91 Å². The largest absolute Gasteiger partial charge is 0.313 e. The van der Waals surface area contributed by atoms with Crippen LogP contribution in [0.3, 0.4) is 0 Å². The first kappa shape index (κ1) is 12.1. The van der Waals surface area contributed by atoms with Gasteiger partial charge in [-0.15, -0.1) is 0 Å². The summed E-state index contributed by atoms with van der Waals surface area (Å²) in [6, 6.07) is 1.70. The molecule has 0 saturated carbocycles. The molecule has 6 heteroatoms. The van der Waals surface area contributed by atoms with Crippen LogP contribution in [0.15, 0.2) is 12.3 Å². The fraction of sp³-hybridized carbons (Fsp3) is 0.636. The van der Waals surface area contributed by atoms with E-state index >= 15 is 0 Å². The molecule has 6 nitrogen and oxygen atoms in total. The average Bonchev–Trinajstić information content (AvgIpc) is 2.77. The monoisotopic (exact) mass is 237 g/mol. The van der Waals surface area contributed by atoms with Crippen molar-refractivity contribution >= 4 is 11.7 Å². The van der Waals surface area contributed by atoms with E-state index in [4.69, 9.17) is 0 Å². The number of carbonyl (C=O) groups is 1. The number of likely N-dealkylation sites (N-methyl/N-ethyl adjacent to an activating group) is 1. The van der Waals surface area contributed by atoms with Crippen molar-refractivity contribution in [2.45, 2.75) is 19.5 Å². The number of rotatable bonds is 3. The minimum absolute atomic E-state index is 0.000975. The highest BCUT2D eigenvalue weighted by Gasteiger charge is 2.25. The van der Waals surface area contributed by atoms with E-state index < -0.39 is 0 Å². The highest BCUT2D eigenvalue weighted by molar-refractivity contribution is 5.94. The molecule has 1 unspecified atom stereocenters. The Balaban J connectivity index is 1.95. The fourth-order valence-electron chi connectivity index (χ4n) is 1.91. The zero-order valence-electron chi connectivity index (χ0n) is 10.3. The third-order valence-corrected chi connectivity index (χ3v) is 3.03. The van der Waals surface area contributed by atoms with Crippen molar-refractivity contribution in [2.75, 3.05) is 32.0 Å². The van der Waals surface area contributed by atoms with Crippen molar-refractivity contribution in [2.24, 2.45) is 0 Å². The lowest BCUT2D eigenvalue weighted by atomic mass is 10.2. The number of aryl methyl sites for hydroxylation is 1. The van der Waals surface area contributed by atoms with Crippen LogP contribution in [-0.4, -0.2) is 53.3 Å². The quantitative estimate of drug-likeness (QED) is 0.760. The predicted octanol–water partition coefficient (Wildman–Crippen LogP) is -0.255. The van der Waals surface area contributed by atoms with Gasteiger partial charge in [-0.25, -0.2) is 0 Å². The molecule has 94 valence electrons. The molecule has 0 aliphatic carbocycles. The van der Waals surface area contributed by atoms with Gasteiger partial charge in [-0.1, -0.05) is 0 Å². The van der Waals surface area contributed by atoms with E-state index in [0.717, 1.165) is 19.6 Å². The maximum Gasteiger partial charge on any atom is 0.244 e. The molecule has 1 aliphatic heterocycles. The lowest BCUT2D eigenvalue weighted by Crippen LogP contribution is -2.54. The summed E-state index contributed by atoms with van der Waals surface area (Å²) in [7, 11) is 1.97. The molecule has 1 saturated heterocycles. The number of nitrogens with one attached hydrogen (secondary N) is 2. The summed E-state index contributed by atoms with van der Waals surface area (Å²) in [4.78, 5) is 14.1. The molecule has 0 radical (unpaired) electrons. The van der Waals surface area contributed by atoms with Gasteiger partial charge in [0.1, 0.15) is 6.04 Å². The van der Waals surface area contributed by atoms with Gasteiger partial charge in [0.15, 0.2) is 5.82 Å². The zero-order chi connectivity index (χ0) is 12.3. The first-order valence-corrected chi connectivity index (χ1v) is 5.96. The van der Waals surface area contributed by atoms with E-state index in [2.05, 4.69) is 20.6 Å². The number of hydrogen-bond acceptors (Lipinski definition) is 4. The Bertz CT molecular complexity index is 389. The first-order chi connectivity index (χ1) is 8.20. The summed E-state index contributed by atoms with van der Waals surface area (Å²) in [5, 5.41) is 10.3. The molecule has 1 fully saturated rings. The molecular formula is C11H19N5O. The van der Waals surface area contributed by atoms with Crippen molar-refractivity contribution in [3.05, 3.63) is 12.3 Å². The zero-order valence-corrected chi connectivity index (χ0v) is 10.3. The molecular weight excluding hydrogens is 218 g/mol. The Kier molecular flexibility index (Phi) is 3.75. The van der Waals surface area contributed by atoms with Gasteiger partial charge >= 0.3 is 0 Å². The minimum Gasteiger partial charge on any atom is -0.313 e. The molecule has 0 bridgehead atoms. The maximum absolute atomic E-state index is 12.0. The first-order valence-electron chi connectivity index (χ1n) is 5.96. The maximum atomic E-state index is 12.0. The second-order valence-electron chi connectivity index (χ2n) is 4.25. The van der Waals surface area contributed by atoms with Crippen LogP contribution in [0.2, 0.25) is 0 Å². The summed E-state index contributed by atoms with van der Waals surface area (Å²) in [6.07, 6.45) is 1.86. The number of piperazine rings is 1. The second-order valence-corrected chi connectivity index (χ2v) is 4.25. The van der Waals surface area contributed by atoms with Gasteiger partial charge in [-0.05, 0) is 14.0 Å². The molecule has 1 aliphatic rings. The molecule has 2 N–H and O–H groups in total. The van der Waals surface area contributed by atoms with Gasteiger partial charge in [-0.3, -0.25) is 14.4 Å². The van der Waals surface area contributed by atoms with Crippen LogP contribution in [0.4, 0.5) is 5.82 Å². The lowest BCUT2D eigenvalue weighted by molar-refractivity contribution is -0.121. The molecule has 1 aromatic heterocycles. The van der Waals surface area contributed by atoms with Crippen LogP contribution in [-0.2, 0) is 11.3 Å². The molecule has 1 aromatic rings. The molecule has 1 amide bonds. The number of amides is 1. The summed E-state index contributed by atoms with van der Waals surface area (Å²) in [6.45, 7) is 5.33. The number of carbonyl (C=O) groups excluding carboxylic acids is 1. The summed E-state index contributed by atoms with van der Waals surface area (Å²) in [5.74, 6) is 0.622. The summed E-state index contributed by atoms with van der Waals surface area (Å²) >= 11 is 0. The average molecular weight is 237 g/mol. The number of anilines is 1.